The highest BCUT2D eigenvalue weighted by molar-refractivity contribution is 5.96. The number of fused-ring (bicyclic) bond motifs is 1. The van der Waals surface area contributed by atoms with Gasteiger partial charge in [0.25, 0.3) is 0 Å². The molecular weight excluding hydrogens is 260 g/mol. The van der Waals surface area contributed by atoms with Gasteiger partial charge in [-0.2, -0.15) is 0 Å². The Morgan fingerprint density at radius 1 is 1.30 bits per heavy atom. The summed E-state index contributed by atoms with van der Waals surface area (Å²) >= 11 is 0. The lowest BCUT2D eigenvalue weighted by Gasteiger charge is -2.35. The second kappa shape index (κ2) is 4.74. The molecule has 5 heteroatoms. The van der Waals surface area contributed by atoms with Crippen LogP contribution in [0.5, 0.6) is 0 Å². The smallest absolute Gasteiger partial charge is 0.147 e. The molecule has 108 valence electrons. The number of aromatic nitrogens is 1. The van der Waals surface area contributed by atoms with Gasteiger partial charge in [-0.05, 0) is 38.0 Å². The van der Waals surface area contributed by atoms with Crippen molar-refractivity contribution in [2.45, 2.75) is 32.5 Å². The van der Waals surface area contributed by atoms with Gasteiger partial charge < -0.3 is 15.6 Å². The standard InChI is InChI=1S/C15H19F2N3/c1-8-9(2)19-13-4-3-12(17)15(14(8)13)20-6-10(16)5-11(18)7-20/h3-4,10-11,19H,5-7,18H2,1-2H3/t10-,11-/m0/s1. The molecule has 0 aliphatic carbocycles. The van der Waals surface area contributed by atoms with E-state index in [2.05, 4.69) is 4.98 Å². The first-order valence-corrected chi connectivity index (χ1v) is 6.89. The summed E-state index contributed by atoms with van der Waals surface area (Å²) in [6.45, 7) is 4.60. The molecule has 0 spiro atoms. The van der Waals surface area contributed by atoms with E-state index >= 15 is 0 Å². The summed E-state index contributed by atoms with van der Waals surface area (Å²) in [6, 6.07) is 2.90. The van der Waals surface area contributed by atoms with Crippen molar-refractivity contribution < 1.29 is 8.78 Å². The van der Waals surface area contributed by atoms with Crippen molar-refractivity contribution >= 4 is 16.6 Å². The van der Waals surface area contributed by atoms with Crippen LogP contribution >= 0.6 is 0 Å². The molecular formula is C15H19F2N3. The van der Waals surface area contributed by atoms with E-state index < -0.39 is 6.17 Å². The summed E-state index contributed by atoms with van der Waals surface area (Å²) in [4.78, 5) is 4.98. The first kappa shape index (κ1) is 13.4. The summed E-state index contributed by atoms with van der Waals surface area (Å²) in [5, 5.41) is 0.837. The molecule has 1 fully saturated rings. The van der Waals surface area contributed by atoms with Gasteiger partial charge in [0, 0.05) is 35.7 Å². The van der Waals surface area contributed by atoms with Crippen LogP contribution in [0.2, 0.25) is 0 Å². The van der Waals surface area contributed by atoms with Crippen LogP contribution in [0.3, 0.4) is 0 Å². The third kappa shape index (κ3) is 2.06. The number of nitrogens with two attached hydrogens (primary N) is 1. The Morgan fingerprint density at radius 2 is 2.05 bits per heavy atom. The number of anilines is 1. The number of hydrogen-bond acceptors (Lipinski definition) is 2. The molecule has 2 aromatic rings. The SMILES string of the molecule is Cc1[nH]c2ccc(F)c(N3C[C@@H](N)C[C@H](F)C3)c2c1C. The molecule has 3 N–H and O–H groups in total. The third-order valence-corrected chi connectivity index (χ3v) is 4.14. The summed E-state index contributed by atoms with van der Waals surface area (Å²) < 4.78 is 28.1. The van der Waals surface area contributed by atoms with Crippen LogP contribution in [0.25, 0.3) is 10.9 Å². The van der Waals surface area contributed by atoms with Gasteiger partial charge in [0.2, 0.25) is 0 Å². The second-order valence-corrected chi connectivity index (χ2v) is 5.69. The molecule has 0 saturated carbocycles. The van der Waals surface area contributed by atoms with Crippen molar-refractivity contribution in [3.8, 4) is 0 Å². The van der Waals surface area contributed by atoms with Gasteiger partial charge in [0.1, 0.15) is 12.0 Å². The van der Waals surface area contributed by atoms with E-state index in [1.54, 1.807) is 11.0 Å². The third-order valence-electron chi connectivity index (χ3n) is 4.14. The molecule has 0 unspecified atom stereocenters. The van der Waals surface area contributed by atoms with E-state index in [9.17, 15) is 8.78 Å². The van der Waals surface area contributed by atoms with Gasteiger partial charge in [0.05, 0.1) is 5.69 Å². The minimum Gasteiger partial charge on any atom is -0.364 e. The normalized spacial score (nSPS) is 23.6. The lowest BCUT2D eigenvalue weighted by Crippen LogP contribution is -2.48. The lowest BCUT2D eigenvalue weighted by molar-refractivity contribution is 0.268. The Hall–Kier alpha value is -1.62. The minimum absolute atomic E-state index is 0.202. The van der Waals surface area contributed by atoms with Crippen molar-refractivity contribution in [3.05, 3.63) is 29.2 Å². The van der Waals surface area contributed by atoms with Crippen molar-refractivity contribution in [1.82, 2.24) is 4.98 Å². The predicted molar refractivity (Wildman–Crippen MR) is 77.4 cm³/mol. The topological polar surface area (TPSA) is 45.0 Å². The van der Waals surface area contributed by atoms with E-state index in [0.717, 1.165) is 22.2 Å². The molecule has 1 aromatic heterocycles. The fourth-order valence-electron chi connectivity index (χ4n) is 3.10. The van der Waals surface area contributed by atoms with Gasteiger partial charge in [-0.1, -0.05) is 0 Å². The zero-order chi connectivity index (χ0) is 14.4. The molecule has 1 saturated heterocycles. The zero-order valence-electron chi connectivity index (χ0n) is 11.7. The van der Waals surface area contributed by atoms with Gasteiger partial charge in [0.15, 0.2) is 0 Å². The summed E-state index contributed by atoms with van der Waals surface area (Å²) in [7, 11) is 0. The highest BCUT2D eigenvalue weighted by Gasteiger charge is 2.28. The maximum Gasteiger partial charge on any atom is 0.147 e. The average molecular weight is 279 g/mol. The largest absolute Gasteiger partial charge is 0.364 e. The van der Waals surface area contributed by atoms with Crippen LogP contribution in [-0.4, -0.2) is 30.3 Å². The van der Waals surface area contributed by atoms with E-state index in [4.69, 9.17) is 5.73 Å². The molecule has 2 atom stereocenters. The number of aryl methyl sites for hydroxylation is 2. The van der Waals surface area contributed by atoms with E-state index in [1.807, 2.05) is 13.8 Å². The quantitative estimate of drug-likeness (QED) is 0.843. The number of rotatable bonds is 1. The summed E-state index contributed by atoms with van der Waals surface area (Å²) in [6.07, 6.45) is -0.659. The fourth-order valence-corrected chi connectivity index (χ4v) is 3.10. The van der Waals surface area contributed by atoms with Crippen LogP contribution in [0.1, 0.15) is 17.7 Å². The Bertz CT molecular complexity index is 640. The van der Waals surface area contributed by atoms with Crippen LogP contribution in [0, 0.1) is 19.7 Å². The molecule has 3 rings (SSSR count). The van der Waals surface area contributed by atoms with E-state index in [-0.39, 0.29) is 18.4 Å². The number of alkyl halides is 1. The minimum atomic E-state index is -1.01. The highest BCUT2D eigenvalue weighted by Crippen LogP contribution is 2.35. The molecule has 20 heavy (non-hydrogen) atoms. The number of nitrogens with zero attached hydrogens (tertiary/aromatic N) is 1. The Balaban J connectivity index is 2.16. The lowest BCUT2D eigenvalue weighted by atomic mass is 10.0. The van der Waals surface area contributed by atoms with Crippen molar-refractivity contribution in [2.75, 3.05) is 18.0 Å². The van der Waals surface area contributed by atoms with E-state index in [0.29, 0.717) is 18.7 Å². The van der Waals surface area contributed by atoms with Crippen LogP contribution in [0.15, 0.2) is 12.1 Å². The molecule has 0 radical (unpaired) electrons. The molecule has 0 bridgehead atoms. The molecule has 3 nitrogen and oxygen atoms in total. The highest BCUT2D eigenvalue weighted by atomic mass is 19.1. The number of aromatic amines is 1. The Labute approximate surface area is 116 Å². The number of benzene rings is 1. The van der Waals surface area contributed by atoms with E-state index in [1.165, 1.54) is 6.07 Å². The Morgan fingerprint density at radius 3 is 2.75 bits per heavy atom. The molecule has 1 aliphatic rings. The number of nitrogens with one attached hydrogen (secondary N) is 1. The van der Waals surface area contributed by atoms with Crippen LogP contribution in [0.4, 0.5) is 14.5 Å². The molecule has 2 heterocycles. The fraction of sp³-hybridized carbons (Fsp3) is 0.467. The first-order valence-electron chi connectivity index (χ1n) is 6.89. The van der Waals surface area contributed by atoms with Crippen molar-refractivity contribution in [3.63, 3.8) is 0 Å². The number of piperidine rings is 1. The maximum atomic E-state index is 14.3. The van der Waals surface area contributed by atoms with Crippen molar-refractivity contribution in [1.29, 1.82) is 0 Å². The zero-order valence-corrected chi connectivity index (χ0v) is 11.7. The summed E-state index contributed by atoms with van der Waals surface area (Å²) in [5.41, 5.74) is 9.24. The molecule has 1 aliphatic heterocycles. The molecule has 0 amide bonds. The monoisotopic (exact) mass is 279 g/mol. The van der Waals surface area contributed by atoms with Gasteiger partial charge in [-0.15, -0.1) is 0 Å². The number of halogens is 2. The maximum absolute atomic E-state index is 14.3. The predicted octanol–water partition coefficient (Wildman–Crippen LogP) is 2.80. The van der Waals surface area contributed by atoms with Gasteiger partial charge in [-0.3, -0.25) is 0 Å². The first-order chi connectivity index (χ1) is 9.47. The van der Waals surface area contributed by atoms with Crippen LogP contribution < -0.4 is 10.6 Å². The number of H-pyrrole nitrogens is 1. The number of hydrogen-bond donors (Lipinski definition) is 2. The molecule has 1 aromatic carbocycles. The Kier molecular flexibility index (Phi) is 3.17. The van der Waals surface area contributed by atoms with Crippen LogP contribution in [-0.2, 0) is 0 Å². The van der Waals surface area contributed by atoms with Gasteiger partial charge >= 0.3 is 0 Å². The second-order valence-electron chi connectivity index (χ2n) is 5.69. The summed E-state index contributed by atoms with van der Waals surface area (Å²) in [5.74, 6) is -0.319. The van der Waals surface area contributed by atoms with Crippen molar-refractivity contribution in [2.24, 2.45) is 5.73 Å². The average Bonchev–Trinajstić information content (AvgIpc) is 2.65. The van der Waals surface area contributed by atoms with Gasteiger partial charge in [-0.25, -0.2) is 8.78 Å².